The van der Waals surface area contributed by atoms with Crippen LogP contribution < -0.4 is 4.74 Å². The van der Waals surface area contributed by atoms with Crippen molar-refractivity contribution in [2.45, 2.75) is 71.0 Å². The molecule has 2 nitrogen and oxygen atoms in total. The number of aliphatic hydroxyl groups is 1. The monoisotopic (exact) mass is 364 g/mol. The summed E-state index contributed by atoms with van der Waals surface area (Å²) in [5.74, 6) is 1.49. The molecule has 4 rings (SSSR count). The van der Waals surface area contributed by atoms with Crippen molar-refractivity contribution in [2.75, 3.05) is 0 Å². The summed E-state index contributed by atoms with van der Waals surface area (Å²) in [5, 5.41) is 10.6. The van der Waals surface area contributed by atoms with Crippen LogP contribution in [0.1, 0.15) is 63.1 Å². The standard InChI is InChI=1S/C25H32O2/c1-18(26)24(2)14-7-15-25(3)22-16-21(12-10-20(22)11-13-23(24)25)27-17-19-8-5-4-6-9-19/h4-6,8-10,12,16,18,23,26H,7,11,13-15,17H2,1-3H3/t18?,23-,24+,25+/m0/s1. The third-order valence-electron chi connectivity index (χ3n) is 7.58. The molecule has 0 aliphatic heterocycles. The van der Waals surface area contributed by atoms with Crippen LogP contribution in [-0.4, -0.2) is 11.2 Å². The predicted octanol–water partition coefficient (Wildman–Crippen LogP) is 5.66. The Hall–Kier alpha value is -1.80. The van der Waals surface area contributed by atoms with Gasteiger partial charge in [0.15, 0.2) is 0 Å². The Balaban J connectivity index is 1.63. The Morgan fingerprint density at radius 3 is 2.63 bits per heavy atom. The minimum atomic E-state index is -0.263. The van der Waals surface area contributed by atoms with E-state index in [9.17, 15) is 5.11 Å². The van der Waals surface area contributed by atoms with Crippen molar-refractivity contribution in [1.29, 1.82) is 0 Å². The van der Waals surface area contributed by atoms with Gasteiger partial charge in [-0.1, -0.05) is 56.7 Å². The molecule has 4 atom stereocenters. The molecule has 2 aromatic rings. The van der Waals surface area contributed by atoms with Crippen LogP contribution in [0.4, 0.5) is 0 Å². The van der Waals surface area contributed by atoms with E-state index in [2.05, 4.69) is 56.3 Å². The molecular weight excluding hydrogens is 332 g/mol. The molecule has 0 radical (unpaired) electrons. The number of aliphatic hydroxyl groups excluding tert-OH is 1. The second-order valence-corrected chi connectivity index (χ2v) is 9.14. The molecule has 144 valence electrons. The summed E-state index contributed by atoms with van der Waals surface area (Å²) in [7, 11) is 0. The molecule has 0 spiro atoms. The lowest BCUT2D eigenvalue weighted by atomic mass is 9.48. The van der Waals surface area contributed by atoms with Crippen LogP contribution in [0.2, 0.25) is 0 Å². The topological polar surface area (TPSA) is 29.5 Å². The van der Waals surface area contributed by atoms with E-state index in [4.69, 9.17) is 4.74 Å². The van der Waals surface area contributed by atoms with Crippen LogP contribution in [0.25, 0.3) is 0 Å². The van der Waals surface area contributed by atoms with E-state index in [1.54, 1.807) is 0 Å². The van der Waals surface area contributed by atoms with Crippen molar-refractivity contribution in [3.05, 3.63) is 65.2 Å². The van der Waals surface area contributed by atoms with E-state index in [1.807, 2.05) is 13.0 Å². The maximum atomic E-state index is 10.6. The van der Waals surface area contributed by atoms with Gasteiger partial charge in [-0.25, -0.2) is 0 Å². The van der Waals surface area contributed by atoms with E-state index in [0.29, 0.717) is 12.5 Å². The number of aryl methyl sites for hydroxylation is 1. The average Bonchev–Trinajstić information content (AvgIpc) is 2.67. The van der Waals surface area contributed by atoms with Gasteiger partial charge in [-0.15, -0.1) is 0 Å². The Labute approximate surface area is 163 Å². The average molecular weight is 365 g/mol. The molecule has 1 fully saturated rings. The third kappa shape index (κ3) is 3.18. The van der Waals surface area contributed by atoms with Gasteiger partial charge in [-0.3, -0.25) is 0 Å². The van der Waals surface area contributed by atoms with E-state index in [1.165, 1.54) is 36.0 Å². The van der Waals surface area contributed by atoms with Crippen LogP contribution in [0.15, 0.2) is 48.5 Å². The number of ether oxygens (including phenoxy) is 1. The Morgan fingerprint density at radius 1 is 1.11 bits per heavy atom. The maximum absolute atomic E-state index is 10.6. The van der Waals surface area contributed by atoms with Gasteiger partial charge in [0.05, 0.1) is 6.10 Å². The van der Waals surface area contributed by atoms with Gasteiger partial charge in [-0.2, -0.15) is 0 Å². The fourth-order valence-electron chi connectivity index (χ4n) is 5.82. The number of hydrogen-bond donors (Lipinski definition) is 1. The van der Waals surface area contributed by atoms with Crippen molar-refractivity contribution in [3.63, 3.8) is 0 Å². The molecule has 1 saturated carbocycles. The lowest BCUT2D eigenvalue weighted by Crippen LogP contribution is -2.53. The van der Waals surface area contributed by atoms with Crippen LogP contribution in [0.3, 0.4) is 0 Å². The molecule has 2 heteroatoms. The van der Waals surface area contributed by atoms with Gasteiger partial charge in [0.25, 0.3) is 0 Å². The smallest absolute Gasteiger partial charge is 0.120 e. The summed E-state index contributed by atoms with van der Waals surface area (Å²) >= 11 is 0. The highest BCUT2D eigenvalue weighted by Crippen LogP contribution is 2.58. The molecule has 0 heterocycles. The minimum absolute atomic E-state index is 0.00555. The molecule has 1 unspecified atom stereocenters. The van der Waals surface area contributed by atoms with Crippen LogP contribution >= 0.6 is 0 Å². The zero-order chi connectivity index (χ0) is 19.1. The lowest BCUT2D eigenvalue weighted by molar-refractivity contribution is -0.0641. The van der Waals surface area contributed by atoms with Crippen molar-refractivity contribution < 1.29 is 9.84 Å². The molecule has 0 aromatic heterocycles. The normalized spacial score (nSPS) is 30.9. The molecule has 0 amide bonds. The first-order valence-corrected chi connectivity index (χ1v) is 10.4. The summed E-state index contributed by atoms with van der Waals surface area (Å²) in [5.41, 5.74) is 4.25. The minimum Gasteiger partial charge on any atom is -0.489 e. The number of fused-ring (bicyclic) bond motifs is 3. The largest absolute Gasteiger partial charge is 0.489 e. The molecule has 1 N–H and O–H groups in total. The first kappa shape index (κ1) is 18.6. The number of benzene rings is 2. The summed E-state index contributed by atoms with van der Waals surface area (Å²) < 4.78 is 6.13. The van der Waals surface area contributed by atoms with Crippen molar-refractivity contribution >= 4 is 0 Å². The van der Waals surface area contributed by atoms with E-state index < -0.39 is 0 Å². The first-order valence-electron chi connectivity index (χ1n) is 10.4. The maximum Gasteiger partial charge on any atom is 0.120 e. The first-order chi connectivity index (χ1) is 12.9. The van der Waals surface area contributed by atoms with Crippen LogP contribution in [0.5, 0.6) is 5.75 Å². The molecule has 2 aromatic carbocycles. The van der Waals surface area contributed by atoms with Crippen molar-refractivity contribution in [1.82, 2.24) is 0 Å². The fraction of sp³-hybridized carbons (Fsp3) is 0.520. The second kappa shape index (κ2) is 6.98. The number of hydrogen-bond acceptors (Lipinski definition) is 2. The SMILES string of the molecule is CC(O)[C@@]1(C)CCC[C@]2(C)c3cc(OCc4ccccc4)ccc3CC[C@H]21. The number of rotatable bonds is 4. The van der Waals surface area contributed by atoms with E-state index in [0.717, 1.165) is 18.6 Å². The molecule has 0 bridgehead atoms. The predicted molar refractivity (Wildman–Crippen MR) is 110 cm³/mol. The van der Waals surface area contributed by atoms with Crippen molar-refractivity contribution in [2.24, 2.45) is 11.3 Å². The van der Waals surface area contributed by atoms with Crippen LogP contribution in [-0.2, 0) is 18.4 Å². The summed E-state index contributed by atoms with van der Waals surface area (Å²) in [6.07, 6.45) is 5.54. The summed E-state index contributed by atoms with van der Waals surface area (Å²) in [4.78, 5) is 0. The second-order valence-electron chi connectivity index (χ2n) is 9.14. The zero-order valence-corrected chi connectivity index (χ0v) is 16.9. The molecule has 2 aliphatic carbocycles. The van der Waals surface area contributed by atoms with E-state index in [-0.39, 0.29) is 16.9 Å². The molecular formula is C25H32O2. The highest BCUT2D eigenvalue weighted by molar-refractivity contribution is 5.44. The Kier molecular flexibility index (Phi) is 4.80. The highest BCUT2D eigenvalue weighted by atomic mass is 16.5. The highest BCUT2D eigenvalue weighted by Gasteiger charge is 2.53. The third-order valence-corrected chi connectivity index (χ3v) is 7.58. The summed E-state index contributed by atoms with van der Waals surface area (Å²) in [6.45, 7) is 7.32. The van der Waals surface area contributed by atoms with Gasteiger partial charge >= 0.3 is 0 Å². The molecule has 27 heavy (non-hydrogen) atoms. The van der Waals surface area contributed by atoms with Gasteiger partial charge in [0, 0.05) is 0 Å². The van der Waals surface area contributed by atoms with Gasteiger partial charge < -0.3 is 9.84 Å². The quantitative estimate of drug-likeness (QED) is 0.759. The summed E-state index contributed by atoms with van der Waals surface area (Å²) in [6, 6.07) is 17.0. The Morgan fingerprint density at radius 2 is 1.89 bits per heavy atom. The van der Waals surface area contributed by atoms with Gasteiger partial charge in [0.1, 0.15) is 12.4 Å². The van der Waals surface area contributed by atoms with Gasteiger partial charge in [-0.05, 0) is 78.2 Å². The molecule has 0 saturated heterocycles. The van der Waals surface area contributed by atoms with E-state index >= 15 is 0 Å². The zero-order valence-electron chi connectivity index (χ0n) is 16.9. The fourth-order valence-corrected chi connectivity index (χ4v) is 5.82. The lowest BCUT2D eigenvalue weighted by Gasteiger charge is -2.56. The molecule has 2 aliphatic rings. The van der Waals surface area contributed by atoms with Gasteiger partial charge in [0.2, 0.25) is 0 Å². The Bertz CT molecular complexity index is 797. The van der Waals surface area contributed by atoms with Crippen molar-refractivity contribution in [3.8, 4) is 5.75 Å². The van der Waals surface area contributed by atoms with Crippen LogP contribution in [0, 0.1) is 11.3 Å².